The second kappa shape index (κ2) is 7.17. The Balaban J connectivity index is 0.000000180. The summed E-state index contributed by atoms with van der Waals surface area (Å²) in [5.41, 5.74) is 1.56. The molecule has 3 nitrogen and oxygen atoms in total. The Morgan fingerprint density at radius 3 is 2.06 bits per heavy atom. The van der Waals surface area contributed by atoms with E-state index in [0.717, 1.165) is 5.56 Å². The van der Waals surface area contributed by atoms with Crippen molar-refractivity contribution in [1.29, 1.82) is 5.26 Å². The number of rotatable bonds is 0. The third-order valence-electron chi connectivity index (χ3n) is 1.76. The fourth-order valence-corrected chi connectivity index (χ4v) is 1.80. The zero-order valence-corrected chi connectivity index (χ0v) is 11.6. The first-order valence-corrected chi connectivity index (χ1v) is 5.96. The summed E-state index contributed by atoms with van der Waals surface area (Å²) in [5, 5.41) is 9.57. The molecule has 0 aliphatic heterocycles. The lowest BCUT2D eigenvalue weighted by Gasteiger charge is -1.92. The number of pyridine rings is 2. The molecule has 0 spiro atoms. The van der Waals surface area contributed by atoms with Crippen molar-refractivity contribution >= 4 is 34.8 Å². The zero-order chi connectivity index (χ0) is 13.5. The van der Waals surface area contributed by atoms with Crippen molar-refractivity contribution in [3.05, 3.63) is 57.0 Å². The first-order chi connectivity index (χ1) is 8.51. The largest absolute Gasteiger partial charge is 0.244 e. The van der Waals surface area contributed by atoms with E-state index in [-0.39, 0.29) is 0 Å². The molecule has 0 aromatic carbocycles. The summed E-state index contributed by atoms with van der Waals surface area (Å²) in [4.78, 5) is 7.47. The van der Waals surface area contributed by atoms with E-state index in [1.165, 1.54) is 12.3 Å². The summed E-state index contributed by atoms with van der Waals surface area (Å²) in [6.07, 6.45) is 1.50. The third-order valence-corrected chi connectivity index (χ3v) is 2.36. The van der Waals surface area contributed by atoms with Crippen LogP contribution in [0.3, 0.4) is 0 Å². The summed E-state index contributed by atoms with van der Waals surface area (Å²) in [5.74, 6) is 0. The Bertz CT molecular complexity index is 529. The van der Waals surface area contributed by atoms with Gasteiger partial charge in [0.05, 0.1) is 11.6 Å². The monoisotopic (exact) mass is 299 g/mol. The molecule has 2 rings (SSSR count). The van der Waals surface area contributed by atoms with Crippen LogP contribution in [0.4, 0.5) is 0 Å². The quantitative estimate of drug-likeness (QED) is 0.681. The van der Waals surface area contributed by atoms with E-state index in [9.17, 15) is 0 Å². The summed E-state index contributed by atoms with van der Waals surface area (Å²) in [7, 11) is 0. The fourth-order valence-electron chi connectivity index (χ4n) is 1.06. The number of nitriles is 1. The Labute approximate surface area is 120 Å². The van der Waals surface area contributed by atoms with Crippen molar-refractivity contribution in [2.75, 3.05) is 0 Å². The van der Waals surface area contributed by atoms with E-state index in [1.54, 1.807) is 18.2 Å². The maximum atomic E-state index is 8.33. The molecule has 0 aliphatic rings. The molecule has 0 aliphatic carbocycles. The minimum atomic E-state index is 0.356. The van der Waals surface area contributed by atoms with Gasteiger partial charge >= 0.3 is 0 Å². The van der Waals surface area contributed by atoms with Crippen molar-refractivity contribution in [2.24, 2.45) is 0 Å². The molecular weight excluding hydrogens is 293 g/mol. The standard InChI is InChI=1S/C6H5Cl2N.C6H3ClN2/c1-4-2-5(7)9-6(8)3-4;7-6-3-5(4-8)1-2-9-6/h2-3H,1H3;1-3H. The Hall–Kier alpha value is -1.34. The highest BCUT2D eigenvalue weighted by Crippen LogP contribution is 2.12. The van der Waals surface area contributed by atoms with Crippen LogP contribution in [0.5, 0.6) is 0 Å². The van der Waals surface area contributed by atoms with Gasteiger partial charge in [0.25, 0.3) is 0 Å². The highest BCUT2D eigenvalue weighted by Gasteiger charge is 1.92. The Kier molecular flexibility index (Phi) is 5.87. The predicted molar refractivity (Wildman–Crippen MR) is 73.0 cm³/mol. The van der Waals surface area contributed by atoms with E-state index in [2.05, 4.69) is 9.97 Å². The van der Waals surface area contributed by atoms with Crippen molar-refractivity contribution in [3.8, 4) is 6.07 Å². The minimum absolute atomic E-state index is 0.356. The normalized spacial score (nSPS) is 9.06. The van der Waals surface area contributed by atoms with E-state index >= 15 is 0 Å². The molecule has 18 heavy (non-hydrogen) atoms. The summed E-state index contributed by atoms with van der Waals surface area (Å²) < 4.78 is 0. The molecule has 0 radical (unpaired) electrons. The molecule has 0 fully saturated rings. The molecule has 0 bridgehead atoms. The van der Waals surface area contributed by atoms with Crippen LogP contribution < -0.4 is 0 Å². The van der Waals surface area contributed by atoms with Crippen molar-refractivity contribution in [2.45, 2.75) is 6.92 Å². The molecule has 2 heterocycles. The van der Waals surface area contributed by atoms with Crippen LogP contribution in [-0.2, 0) is 0 Å². The first-order valence-electron chi connectivity index (χ1n) is 4.82. The average Bonchev–Trinajstić information content (AvgIpc) is 2.27. The summed E-state index contributed by atoms with van der Waals surface area (Å²) in [6.45, 7) is 1.92. The van der Waals surface area contributed by atoms with E-state index < -0.39 is 0 Å². The molecule has 92 valence electrons. The Morgan fingerprint density at radius 2 is 1.67 bits per heavy atom. The number of nitrogens with zero attached hydrogens (tertiary/aromatic N) is 3. The molecule has 0 atom stereocenters. The topological polar surface area (TPSA) is 49.6 Å². The van der Waals surface area contributed by atoms with Gasteiger partial charge in [0.15, 0.2) is 0 Å². The minimum Gasteiger partial charge on any atom is -0.244 e. The average molecular weight is 301 g/mol. The summed E-state index contributed by atoms with van der Waals surface area (Å²) in [6, 6.07) is 8.58. The van der Waals surface area contributed by atoms with E-state index in [4.69, 9.17) is 40.1 Å². The maximum absolute atomic E-state index is 8.33. The fraction of sp³-hybridized carbons (Fsp3) is 0.0833. The number of aryl methyl sites for hydroxylation is 1. The summed E-state index contributed by atoms with van der Waals surface area (Å²) >= 11 is 16.6. The van der Waals surface area contributed by atoms with Crippen LogP contribution >= 0.6 is 34.8 Å². The second-order valence-corrected chi connectivity index (χ2v) is 4.43. The smallest absolute Gasteiger partial charge is 0.131 e. The van der Waals surface area contributed by atoms with Crippen molar-refractivity contribution < 1.29 is 0 Å². The van der Waals surface area contributed by atoms with Gasteiger partial charge < -0.3 is 0 Å². The van der Waals surface area contributed by atoms with Crippen LogP contribution in [-0.4, -0.2) is 9.97 Å². The third kappa shape index (κ3) is 5.33. The number of aromatic nitrogens is 2. The van der Waals surface area contributed by atoms with Gasteiger partial charge in [-0.1, -0.05) is 34.8 Å². The predicted octanol–water partition coefficient (Wildman–Crippen LogP) is 4.30. The highest BCUT2D eigenvalue weighted by molar-refractivity contribution is 6.32. The van der Waals surface area contributed by atoms with Gasteiger partial charge in [0.1, 0.15) is 15.5 Å². The lowest BCUT2D eigenvalue weighted by Crippen LogP contribution is -1.77. The number of hydrogen-bond acceptors (Lipinski definition) is 3. The van der Waals surface area contributed by atoms with Gasteiger partial charge in [-0.25, -0.2) is 9.97 Å². The zero-order valence-electron chi connectivity index (χ0n) is 9.36. The maximum Gasteiger partial charge on any atom is 0.131 e. The van der Waals surface area contributed by atoms with E-state index in [1.807, 2.05) is 13.0 Å². The van der Waals surface area contributed by atoms with Gasteiger partial charge in [-0.3, -0.25) is 0 Å². The van der Waals surface area contributed by atoms with Crippen molar-refractivity contribution in [1.82, 2.24) is 9.97 Å². The van der Waals surface area contributed by atoms with Gasteiger partial charge in [-0.2, -0.15) is 5.26 Å². The lowest BCUT2D eigenvalue weighted by molar-refractivity contribution is 1.29. The van der Waals surface area contributed by atoms with Crippen molar-refractivity contribution in [3.63, 3.8) is 0 Å². The number of halogens is 3. The molecule has 2 aromatic rings. The molecule has 0 saturated carbocycles. The molecule has 6 heteroatoms. The van der Waals surface area contributed by atoms with Gasteiger partial charge in [-0.15, -0.1) is 0 Å². The second-order valence-electron chi connectivity index (χ2n) is 3.27. The van der Waals surface area contributed by atoms with E-state index in [0.29, 0.717) is 21.0 Å². The first kappa shape index (κ1) is 14.7. The van der Waals surface area contributed by atoms with Crippen LogP contribution in [0, 0.1) is 18.3 Å². The molecule has 0 N–H and O–H groups in total. The molecular formula is C12H8Cl3N3. The van der Waals surface area contributed by atoms with Gasteiger partial charge in [-0.05, 0) is 36.8 Å². The van der Waals surface area contributed by atoms with Crippen LogP contribution in [0.1, 0.15) is 11.1 Å². The molecule has 2 aromatic heterocycles. The van der Waals surface area contributed by atoms with Gasteiger partial charge in [0.2, 0.25) is 0 Å². The number of hydrogen-bond donors (Lipinski definition) is 0. The molecule has 0 unspecified atom stereocenters. The molecule has 0 amide bonds. The SMILES string of the molecule is Cc1cc(Cl)nc(Cl)c1.N#Cc1ccnc(Cl)c1. The highest BCUT2D eigenvalue weighted by atomic mass is 35.5. The molecule has 0 saturated heterocycles. The van der Waals surface area contributed by atoms with Crippen LogP contribution in [0.25, 0.3) is 0 Å². The van der Waals surface area contributed by atoms with Crippen LogP contribution in [0.2, 0.25) is 15.5 Å². The Morgan fingerprint density at radius 1 is 1.06 bits per heavy atom. The lowest BCUT2D eigenvalue weighted by atomic mass is 10.3. The van der Waals surface area contributed by atoms with Crippen LogP contribution in [0.15, 0.2) is 30.5 Å². The van der Waals surface area contributed by atoms with Gasteiger partial charge in [0, 0.05) is 6.20 Å².